The SMILES string of the molecule is CN=C(NCc1csc(C(C)C)n1)N1CCC(Cc2cnn(C)c2)C1.I. The summed E-state index contributed by atoms with van der Waals surface area (Å²) in [7, 11) is 3.83. The van der Waals surface area contributed by atoms with Crippen LogP contribution in [0.4, 0.5) is 0 Å². The first-order valence-corrected chi connectivity index (χ1v) is 9.80. The first-order valence-electron chi connectivity index (χ1n) is 8.92. The minimum Gasteiger partial charge on any atom is -0.351 e. The van der Waals surface area contributed by atoms with Crippen molar-refractivity contribution in [1.82, 2.24) is 25.0 Å². The van der Waals surface area contributed by atoms with Crippen LogP contribution in [0.2, 0.25) is 0 Å². The molecule has 1 aliphatic heterocycles. The molecule has 0 spiro atoms. The summed E-state index contributed by atoms with van der Waals surface area (Å²) in [6, 6.07) is 0. The third-order valence-electron chi connectivity index (χ3n) is 4.57. The number of hydrogen-bond donors (Lipinski definition) is 1. The van der Waals surface area contributed by atoms with E-state index in [9.17, 15) is 0 Å². The van der Waals surface area contributed by atoms with Gasteiger partial charge in [0.25, 0.3) is 0 Å². The van der Waals surface area contributed by atoms with Crippen LogP contribution in [-0.2, 0) is 20.0 Å². The molecule has 0 radical (unpaired) electrons. The Morgan fingerprint density at radius 1 is 1.46 bits per heavy atom. The number of nitrogens with one attached hydrogen (secondary N) is 1. The summed E-state index contributed by atoms with van der Waals surface area (Å²) < 4.78 is 1.88. The molecule has 1 unspecified atom stereocenters. The van der Waals surface area contributed by atoms with Gasteiger partial charge in [-0.3, -0.25) is 9.67 Å². The summed E-state index contributed by atoms with van der Waals surface area (Å²) in [5.41, 5.74) is 2.42. The molecular weight excluding hydrogens is 459 g/mol. The largest absolute Gasteiger partial charge is 0.351 e. The number of hydrogen-bond acceptors (Lipinski definition) is 4. The van der Waals surface area contributed by atoms with Gasteiger partial charge in [-0.2, -0.15) is 5.10 Å². The average molecular weight is 488 g/mol. The predicted molar refractivity (Wildman–Crippen MR) is 118 cm³/mol. The van der Waals surface area contributed by atoms with Crippen molar-refractivity contribution in [1.29, 1.82) is 0 Å². The Hall–Kier alpha value is -1.16. The third kappa shape index (κ3) is 5.42. The number of aryl methyl sites for hydroxylation is 1. The second-order valence-corrected chi connectivity index (χ2v) is 7.95. The number of aromatic nitrogens is 3. The van der Waals surface area contributed by atoms with Crippen LogP contribution in [0, 0.1) is 5.92 Å². The Kier molecular flexibility index (Phi) is 7.87. The number of guanidine groups is 1. The molecule has 1 N–H and O–H groups in total. The van der Waals surface area contributed by atoms with Gasteiger partial charge in [-0.05, 0) is 24.3 Å². The maximum atomic E-state index is 4.69. The molecular formula is C18H29IN6S. The highest BCUT2D eigenvalue weighted by atomic mass is 127. The fraction of sp³-hybridized carbons (Fsp3) is 0.611. The fourth-order valence-electron chi connectivity index (χ4n) is 3.27. The Morgan fingerprint density at radius 2 is 2.27 bits per heavy atom. The first kappa shape index (κ1) is 21.1. The lowest BCUT2D eigenvalue weighted by Crippen LogP contribution is -2.39. The maximum absolute atomic E-state index is 4.69. The van der Waals surface area contributed by atoms with Crippen LogP contribution >= 0.6 is 35.3 Å². The van der Waals surface area contributed by atoms with Crippen molar-refractivity contribution in [3.05, 3.63) is 34.0 Å². The maximum Gasteiger partial charge on any atom is 0.193 e. The standard InChI is InChI=1S/C18H28N6S.HI/c1-13(2)17-22-16(12-25-17)9-20-18(19-3)24-6-5-14(11-24)7-15-8-21-23(4)10-15;/h8,10,12-14H,5-7,9,11H2,1-4H3,(H,19,20);1H. The van der Waals surface area contributed by atoms with Crippen LogP contribution in [-0.4, -0.2) is 45.8 Å². The van der Waals surface area contributed by atoms with Gasteiger partial charge >= 0.3 is 0 Å². The highest BCUT2D eigenvalue weighted by molar-refractivity contribution is 14.0. The number of aliphatic imine (C=N–C) groups is 1. The summed E-state index contributed by atoms with van der Waals surface area (Å²) >= 11 is 1.74. The molecule has 0 aliphatic carbocycles. The second-order valence-electron chi connectivity index (χ2n) is 7.06. The number of likely N-dealkylation sites (tertiary alicyclic amines) is 1. The summed E-state index contributed by atoms with van der Waals surface area (Å²) in [6.45, 7) is 7.20. The van der Waals surface area contributed by atoms with Crippen LogP contribution < -0.4 is 5.32 Å². The zero-order valence-corrected chi connectivity index (χ0v) is 19.1. The summed E-state index contributed by atoms with van der Waals surface area (Å²) in [4.78, 5) is 11.5. The van der Waals surface area contributed by atoms with Gasteiger partial charge in [-0.1, -0.05) is 13.8 Å². The molecule has 8 heteroatoms. The smallest absolute Gasteiger partial charge is 0.193 e. The van der Waals surface area contributed by atoms with E-state index in [1.54, 1.807) is 11.3 Å². The van der Waals surface area contributed by atoms with E-state index in [0.29, 0.717) is 11.8 Å². The molecule has 2 aromatic heterocycles. The molecule has 1 saturated heterocycles. The van der Waals surface area contributed by atoms with Gasteiger partial charge in [0, 0.05) is 44.7 Å². The Morgan fingerprint density at radius 3 is 2.88 bits per heavy atom. The molecule has 26 heavy (non-hydrogen) atoms. The van der Waals surface area contributed by atoms with E-state index in [4.69, 9.17) is 0 Å². The highest BCUT2D eigenvalue weighted by Gasteiger charge is 2.25. The lowest BCUT2D eigenvalue weighted by Gasteiger charge is -2.21. The average Bonchev–Trinajstić information content (AvgIpc) is 3.30. The number of nitrogens with zero attached hydrogens (tertiary/aromatic N) is 5. The molecule has 0 saturated carbocycles. The molecule has 1 fully saturated rings. The Bertz CT molecular complexity index is 723. The van der Waals surface area contributed by atoms with E-state index in [1.165, 1.54) is 17.0 Å². The van der Waals surface area contributed by atoms with E-state index in [0.717, 1.165) is 37.7 Å². The molecule has 0 bridgehead atoms. The number of thiazole rings is 1. The zero-order valence-electron chi connectivity index (χ0n) is 16.0. The van der Waals surface area contributed by atoms with Gasteiger partial charge < -0.3 is 10.2 Å². The van der Waals surface area contributed by atoms with Crippen LogP contribution in [0.15, 0.2) is 22.8 Å². The van der Waals surface area contributed by atoms with Gasteiger partial charge in [0.15, 0.2) is 5.96 Å². The predicted octanol–water partition coefficient (Wildman–Crippen LogP) is 3.26. The zero-order chi connectivity index (χ0) is 17.8. The highest BCUT2D eigenvalue weighted by Crippen LogP contribution is 2.21. The molecule has 1 aliphatic rings. The molecule has 6 nitrogen and oxygen atoms in total. The van der Waals surface area contributed by atoms with Gasteiger partial charge in [0.2, 0.25) is 0 Å². The minimum atomic E-state index is 0. The molecule has 3 rings (SSSR count). The van der Waals surface area contributed by atoms with Crippen LogP contribution in [0.3, 0.4) is 0 Å². The van der Waals surface area contributed by atoms with Crippen molar-refractivity contribution in [2.24, 2.45) is 18.0 Å². The lowest BCUT2D eigenvalue weighted by molar-refractivity contribution is 0.459. The van der Waals surface area contributed by atoms with E-state index < -0.39 is 0 Å². The summed E-state index contributed by atoms with van der Waals surface area (Å²) in [5.74, 6) is 2.13. The minimum absolute atomic E-state index is 0. The van der Waals surface area contributed by atoms with Crippen molar-refractivity contribution in [2.75, 3.05) is 20.1 Å². The molecule has 3 heterocycles. The van der Waals surface area contributed by atoms with Crippen LogP contribution in [0.1, 0.15) is 42.5 Å². The van der Waals surface area contributed by atoms with E-state index in [1.807, 2.05) is 25.0 Å². The summed E-state index contributed by atoms with van der Waals surface area (Å²) in [6.07, 6.45) is 6.38. The van der Waals surface area contributed by atoms with Gasteiger partial charge in [-0.15, -0.1) is 35.3 Å². The molecule has 0 amide bonds. The van der Waals surface area contributed by atoms with Crippen molar-refractivity contribution in [3.8, 4) is 0 Å². The monoisotopic (exact) mass is 488 g/mol. The lowest BCUT2D eigenvalue weighted by atomic mass is 10.0. The normalized spacial score (nSPS) is 17.7. The van der Waals surface area contributed by atoms with E-state index in [-0.39, 0.29) is 24.0 Å². The van der Waals surface area contributed by atoms with E-state index in [2.05, 4.69) is 50.7 Å². The Balaban J connectivity index is 0.00000243. The molecule has 1 atom stereocenters. The van der Waals surface area contributed by atoms with Gasteiger partial charge in [-0.25, -0.2) is 4.98 Å². The first-order chi connectivity index (χ1) is 12.0. The Labute approximate surface area is 177 Å². The fourth-order valence-corrected chi connectivity index (χ4v) is 4.11. The van der Waals surface area contributed by atoms with E-state index >= 15 is 0 Å². The van der Waals surface area contributed by atoms with Crippen LogP contribution in [0.5, 0.6) is 0 Å². The van der Waals surface area contributed by atoms with Gasteiger partial charge in [0.05, 0.1) is 23.4 Å². The number of halogens is 1. The second kappa shape index (κ2) is 9.68. The van der Waals surface area contributed by atoms with Gasteiger partial charge in [0.1, 0.15) is 0 Å². The third-order valence-corrected chi connectivity index (χ3v) is 5.77. The quantitative estimate of drug-likeness (QED) is 0.399. The van der Waals surface area contributed by atoms with Crippen molar-refractivity contribution >= 4 is 41.3 Å². The number of rotatable bonds is 5. The van der Waals surface area contributed by atoms with Crippen LogP contribution in [0.25, 0.3) is 0 Å². The van der Waals surface area contributed by atoms with Crippen molar-refractivity contribution < 1.29 is 0 Å². The molecule has 0 aromatic carbocycles. The summed E-state index contributed by atoms with van der Waals surface area (Å²) in [5, 5.41) is 11.1. The van der Waals surface area contributed by atoms with Crippen molar-refractivity contribution in [2.45, 2.75) is 39.2 Å². The van der Waals surface area contributed by atoms with Crippen molar-refractivity contribution in [3.63, 3.8) is 0 Å². The molecule has 144 valence electrons. The topological polar surface area (TPSA) is 58.3 Å². The molecule has 2 aromatic rings.